The molecule has 0 saturated carbocycles. The maximum atomic E-state index is 9.23. The van der Waals surface area contributed by atoms with Gasteiger partial charge in [-0.15, -0.1) is 0 Å². The van der Waals surface area contributed by atoms with E-state index < -0.39 is 0 Å². The highest BCUT2D eigenvalue weighted by atomic mass is 79.9. The Morgan fingerprint density at radius 3 is 2.71 bits per heavy atom. The van der Waals surface area contributed by atoms with Crippen LogP contribution >= 0.6 is 15.9 Å². The molecule has 0 heterocycles. The van der Waals surface area contributed by atoms with Crippen molar-refractivity contribution in [3.63, 3.8) is 0 Å². The fourth-order valence-electron chi connectivity index (χ4n) is 1.67. The molecule has 0 bridgehead atoms. The fourth-order valence-corrected chi connectivity index (χ4v) is 2.47. The minimum Gasteiger partial charge on any atom is -0.392 e. The number of fused-ring (bicyclic) bond motifs is 1. The van der Waals surface area contributed by atoms with Crippen LogP contribution in [0.15, 0.2) is 34.8 Å². The molecule has 2 rings (SSSR count). The molecule has 2 heteroatoms. The lowest BCUT2D eigenvalue weighted by atomic mass is 10.0. The van der Waals surface area contributed by atoms with Crippen LogP contribution in [0, 0.1) is 6.92 Å². The van der Waals surface area contributed by atoms with Crippen LogP contribution in [0.1, 0.15) is 11.1 Å². The highest BCUT2D eigenvalue weighted by Gasteiger charge is 2.06. The Morgan fingerprint density at radius 1 is 1.29 bits per heavy atom. The number of benzene rings is 2. The second-order valence-corrected chi connectivity index (χ2v) is 4.16. The van der Waals surface area contributed by atoms with Gasteiger partial charge in [0, 0.05) is 4.47 Å². The van der Waals surface area contributed by atoms with E-state index in [4.69, 9.17) is 0 Å². The van der Waals surface area contributed by atoms with E-state index in [-0.39, 0.29) is 6.61 Å². The van der Waals surface area contributed by atoms with Crippen LogP contribution < -0.4 is 0 Å². The number of aliphatic hydroxyl groups is 1. The zero-order valence-electron chi connectivity index (χ0n) is 7.92. The van der Waals surface area contributed by atoms with Crippen molar-refractivity contribution < 1.29 is 5.11 Å². The molecule has 0 saturated heterocycles. The molecule has 0 atom stereocenters. The Bertz CT molecular complexity index is 477. The van der Waals surface area contributed by atoms with Gasteiger partial charge in [0.15, 0.2) is 0 Å². The van der Waals surface area contributed by atoms with Gasteiger partial charge in [-0.05, 0) is 44.8 Å². The molecule has 2 aromatic carbocycles. The van der Waals surface area contributed by atoms with Gasteiger partial charge in [-0.1, -0.05) is 30.3 Å². The normalized spacial score (nSPS) is 10.8. The number of hydrogen-bond donors (Lipinski definition) is 1. The molecule has 0 radical (unpaired) electrons. The van der Waals surface area contributed by atoms with Gasteiger partial charge in [0.05, 0.1) is 6.61 Å². The van der Waals surface area contributed by atoms with Crippen molar-refractivity contribution >= 4 is 26.7 Å². The monoisotopic (exact) mass is 250 g/mol. The van der Waals surface area contributed by atoms with Crippen LogP contribution in [0.3, 0.4) is 0 Å². The Kier molecular flexibility index (Phi) is 2.57. The van der Waals surface area contributed by atoms with Crippen molar-refractivity contribution in [2.75, 3.05) is 0 Å². The number of rotatable bonds is 1. The minimum atomic E-state index is 0.0806. The van der Waals surface area contributed by atoms with Crippen molar-refractivity contribution in [2.24, 2.45) is 0 Å². The van der Waals surface area contributed by atoms with Gasteiger partial charge in [0.25, 0.3) is 0 Å². The lowest BCUT2D eigenvalue weighted by molar-refractivity contribution is 0.280. The summed E-state index contributed by atoms with van der Waals surface area (Å²) in [5.74, 6) is 0. The number of aryl methyl sites for hydroxylation is 1. The van der Waals surface area contributed by atoms with Crippen LogP contribution in [-0.4, -0.2) is 5.11 Å². The summed E-state index contributed by atoms with van der Waals surface area (Å²) < 4.78 is 1.01. The van der Waals surface area contributed by atoms with Gasteiger partial charge in [0.2, 0.25) is 0 Å². The van der Waals surface area contributed by atoms with Gasteiger partial charge in [-0.25, -0.2) is 0 Å². The number of aliphatic hydroxyl groups excluding tert-OH is 1. The molecule has 72 valence electrons. The smallest absolute Gasteiger partial charge is 0.0695 e. The molecular weight excluding hydrogens is 240 g/mol. The summed E-state index contributed by atoms with van der Waals surface area (Å²) in [5.41, 5.74) is 2.10. The molecule has 0 amide bonds. The van der Waals surface area contributed by atoms with Gasteiger partial charge in [-0.2, -0.15) is 0 Å². The molecule has 0 spiro atoms. The third-order valence-corrected chi connectivity index (χ3v) is 3.37. The maximum absolute atomic E-state index is 9.23. The second kappa shape index (κ2) is 3.71. The largest absolute Gasteiger partial charge is 0.392 e. The van der Waals surface area contributed by atoms with E-state index in [1.807, 2.05) is 19.1 Å². The average Bonchev–Trinajstić information content (AvgIpc) is 2.18. The van der Waals surface area contributed by atoms with Crippen LogP contribution in [0.25, 0.3) is 10.8 Å². The molecule has 2 aromatic rings. The van der Waals surface area contributed by atoms with Crippen molar-refractivity contribution in [1.82, 2.24) is 0 Å². The van der Waals surface area contributed by atoms with E-state index in [1.54, 1.807) is 0 Å². The molecular formula is C12H11BrO. The highest BCUT2D eigenvalue weighted by molar-refractivity contribution is 9.10. The third-order valence-electron chi connectivity index (χ3n) is 2.47. The van der Waals surface area contributed by atoms with Crippen molar-refractivity contribution in [1.29, 1.82) is 0 Å². The van der Waals surface area contributed by atoms with E-state index in [0.717, 1.165) is 21.0 Å². The molecule has 1 N–H and O–H groups in total. The van der Waals surface area contributed by atoms with Crippen molar-refractivity contribution in [2.45, 2.75) is 13.5 Å². The Morgan fingerprint density at radius 2 is 2.00 bits per heavy atom. The maximum Gasteiger partial charge on any atom is 0.0695 e. The summed E-state index contributed by atoms with van der Waals surface area (Å²) in [7, 11) is 0. The Balaban J connectivity index is 2.86. The zero-order valence-corrected chi connectivity index (χ0v) is 9.51. The van der Waals surface area contributed by atoms with Crippen molar-refractivity contribution in [3.8, 4) is 0 Å². The number of hydrogen-bond acceptors (Lipinski definition) is 1. The Labute approximate surface area is 91.5 Å². The summed E-state index contributed by atoms with van der Waals surface area (Å²) in [6.07, 6.45) is 0. The van der Waals surface area contributed by atoms with Crippen LogP contribution in [0.4, 0.5) is 0 Å². The SMILES string of the molecule is Cc1cc2ccccc2c(Br)c1CO. The average molecular weight is 251 g/mol. The first-order valence-electron chi connectivity index (χ1n) is 4.51. The lowest BCUT2D eigenvalue weighted by Gasteiger charge is -2.09. The molecule has 0 aliphatic heterocycles. The summed E-state index contributed by atoms with van der Waals surface area (Å²) in [6, 6.07) is 10.3. The van der Waals surface area contributed by atoms with E-state index in [9.17, 15) is 5.11 Å². The quantitative estimate of drug-likeness (QED) is 0.823. The van der Waals surface area contributed by atoms with Gasteiger partial charge >= 0.3 is 0 Å². The number of halogens is 1. The topological polar surface area (TPSA) is 20.2 Å². The first-order valence-corrected chi connectivity index (χ1v) is 5.31. The van der Waals surface area contributed by atoms with E-state index in [2.05, 4.69) is 34.1 Å². The summed E-state index contributed by atoms with van der Waals surface area (Å²) in [6.45, 7) is 2.10. The van der Waals surface area contributed by atoms with E-state index in [0.29, 0.717) is 0 Å². The zero-order chi connectivity index (χ0) is 10.1. The van der Waals surface area contributed by atoms with Gasteiger partial charge in [-0.3, -0.25) is 0 Å². The molecule has 14 heavy (non-hydrogen) atoms. The highest BCUT2D eigenvalue weighted by Crippen LogP contribution is 2.30. The minimum absolute atomic E-state index is 0.0806. The molecule has 0 aliphatic carbocycles. The lowest BCUT2D eigenvalue weighted by Crippen LogP contribution is -1.91. The predicted octanol–water partition coefficient (Wildman–Crippen LogP) is 3.40. The van der Waals surface area contributed by atoms with E-state index >= 15 is 0 Å². The van der Waals surface area contributed by atoms with Crippen LogP contribution in [0.5, 0.6) is 0 Å². The first-order chi connectivity index (χ1) is 6.74. The molecule has 0 fully saturated rings. The van der Waals surface area contributed by atoms with Gasteiger partial charge < -0.3 is 5.11 Å². The fraction of sp³-hybridized carbons (Fsp3) is 0.167. The van der Waals surface area contributed by atoms with E-state index in [1.165, 1.54) is 5.39 Å². The molecule has 0 unspecified atom stereocenters. The predicted molar refractivity (Wildman–Crippen MR) is 62.3 cm³/mol. The molecule has 0 aromatic heterocycles. The summed E-state index contributed by atoms with van der Waals surface area (Å²) in [4.78, 5) is 0. The van der Waals surface area contributed by atoms with Crippen LogP contribution in [-0.2, 0) is 6.61 Å². The summed E-state index contributed by atoms with van der Waals surface area (Å²) in [5, 5.41) is 11.6. The summed E-state index contributed by atoms with van der Waals surface area (Å²) >= 11 is 3.53. The first kappa shape index (κ1) is 9.69. The van der Waals surface area contributed by atoms with Crippen LogP contribution in [0.2, 0.25) is 0 Å². The standard InChI is InChI=1S/C12H11BrO/c1-8-6-9-4-2-3-5-10(9)12(13)11(8)7-14/h2-6,14H,7H2,1H3. The molecule has 1 nitrogen and oxygen atoms in total. The Hall–Kier alpha value is -0.860. The van der Waals surface area contributed by atoms with Crippen molar-refractivity contribution in [3.05, 3.63) is 45.9 Å². The second-order valence-electron chi connectivity index (χ2n) is 3.37. The molecule has 0 aliphatic rings. The third kappa shape index (κ3) is 1.45. The van der Waals surface area contributed by atoms with Gasteiger partial charge in [0.1, 0.15) is 0 Å².